The molecule has 0 spiro atoms. The molecule has 1 unspecified atom stereocenters. The maximum atomic E-state index is 6.18. The Bertz CT molecular complexity index is 307. The van der Waals surface area contributed by atoms with Crippen LogP contribution in [0.15, 0.2) is 24.3 Å². The Labute approximate surface area is 92.4 Å². The summed E-state index contributed by atoms with van der Waals surface area (Å²) in [7, 11) is 0. The number of aryl methyl sites for hydroxylation is 1. The summed E-state index contributed by atoms with van der Waals surface area (Å²) in [6, 6.07) is 8.35. The second kappa shape index (κ2) is 5.29. The second-order valence-corrected chi connectivity index (χ2v) is 4.39. The van der Waals surface area contributed by atoms with Gasteiger partial charge in [-0.15, -0.1) is 0 Å². The van der Waals surface area contributed by atoms with Crippen molar-refractivity contribution in [2.24, 2.45) is 5.73 Å². The van der Waals surface area contributed by atoms with Gasteiger partial charge in [0.1, 0.15) is 0 Å². The Morgan fingerprint density at radius 3 is 2.60 bits per heavy atom. The molecule has 1 aromatic carbocycles. The molecule has 1 atom stereocenters. The van der Waals surface area contributed by atoms with Gasteiger partial charge in [-0.3, -0.25) is 0 Å². The van der Waals surface area contributed by atoms with Gasteiger partial charge in [0.15, 0.2) is 0 Å². The van der Waals surface area contributed by atoms with Crippen molar-refractivity contribution in [2.75, 3.05) is 13.2 Å². The predicted octanol–water partition coefficient (Wildman–Crippen LogP) is 2.29. The summed E-state index contributed by atoms with van der Waals surface area (Å²) in [4.78, 5) is 0. The van der Waals surface area contributed by atoms with Crippen molar-refractivity contribution in [3.05, 3.63) is 35.4 Å². The Kier molecular flexibility index (Phi) is 4.30. The van der Waals surface area contributed by atoms with Crippen molar-refractivity contribution in [3.63, 3.8) is 0 Å². The lowest BCUT2D eigenvalue weighted by Crippen LogP contribution is -2.43. The second-order valence-electron chi connectivity index (χ2n) is 4.39. The summed E-state index contributed by atoms with van der Waals surface area (Å²) in [6.07, 6.45) is 0.861. The highest BCUT2D eigenvalue weighted by Crippen LogP contribution is 2.14. The van der Waals surface area contributed by atoms with E-state index in [2.05, 4.69) is 31.2 Å². The highest BCUT2D eigenvalue weighted by Gasteiger charge is 2.19. The largest absolute Gasteiger partial charge is 0.380 e. The smallest absolute Gasteiger partial charge is 0.0646 e. The Morgan fingerprint density at radius 1 is 1.33 bits per heavy atom. The van der Waals surface area contributed by atoms with Gasteiger partial charge < -0.3 is 10.5 Å². The molecule has 0 aliphatic carbocycles. The van der Waals surface area contributed by atoms with Gasteiger partial charge in [-0.1, -0.05) is 24.3 Å². The third-order valence-corrected chi connectivity index (χ3v) is 2.49. The number of rotatable bonds is 5. The van der Waals surface area contributed by atoms with E-state index < -0.39 is 0 Å². The van der Waals surface area contributed by atoms with Crippen LogP contribution in [-0.4, -0.2) is 18.8 Å². The SMILES string of the molecule is CCOCC(C)(N)Cc1ccccc1C. The molecule has 1 aromatic rings. The molecule has 0 fully saturated rings. The average Bonchev–Trinajstić information content (AvgIpc) is 2.18. The van der Waals surface area contributed by atoms with Crippen molar-refractivity contribution in [1.29, 1.82) is 0 Å². The molecule has 84 valence electrons. The molecule has 2 nitrogen and oxygen atoms in total. The number of hydrogen-bond donors (Lipinski definition) is 1. The highest BCUT2D eigenvalue weighted by atomic mass is 16.5. The van der Waals surface area contributed by atoms with Crippen LogP contribution in [0.5, 0.6) is 0 Å². The first kappa shape index (κ1) is 12.2. The normalized spacial score (nSPS) is 14.9. The fraction of sp³-hybridized carbons (Fsp3) is 0.538. The average molecular weight is 207 g/mol. The molecule has 0 amide bonds. The maximum absolute atomic E-state index is 6.18. The van der Waals surface area contributed by atoms with Crippen LogP contribution < -0.4 is 5.73 Å². The van der Waals surface area contributed by atoms with E-state index in [-0.39, 0.29) is 5.54 Å². The standard InChI is InChI=1S/C13H21NO/c1-4-15-10-13(3,14)9-12-8-6-5-7-11(12)2/h5-8H,4,9-10,14H2,1-3H3. The molecule has 15 heavy (non-hydrogen) atoms. The van der Waals surface area contributed by atoms with E-state index >= 15 is 0 Å². The van der Waals surface area contributed by atoms with Gasteiger partial charge in [0.2, 0.25) is 0 Å². The van der Waals surface area contributed by atoms with Crippen molar-refractivity contribution in [1.82, 2.24) is 0 Å². The molecule has 0 aliphatic rings. The van der Waals surface area contributed by atoms with Crippen LogP contribution in [0, 0.1) is 6.92 Å². The first-order valence-corrected chi connectivity index (χ1v) is 5.46. The van der Waals surface area contributed by atoms with Crippen LogP contribution in [0.25, 0.3) is 0 Å². The van der Waals surface area contributed by atoms with Crippen molar-refractivity contribution in [3.8, 4) is 0 Å². The summed E-state index contributed by atoms with van der Waals surface area (Å²) in [5.41, 5.74) is 8.51. The summed E-state index contributed by atoms with van der Waals surface area (Å²) >= 11 is 0. The van der Waals surface area contributed by atoms with Gasteiger partial charge in [0, 0.05) is 12.1 Å². The highest BCUT2D eigenvalue weighted by molar-refractivity contribution is 5.27. The molecule has 1 rings (SSSR count). The first-order chi connectivity index (χ1) is 7.05. The first-order valence-electron chi connectivity index (χ1n) is 5.46. The van der Waals surface area contributed by atoms with E-state index in [1.807, 2.05) is 13.8 Å². The summed E-state index contributed by atoms with van der Waals surface area (Å²) in [5.74, 6) is 0. The Morgan fingerprint density at radius 2 is 2.00 bits per heavy atom. The summed E-state index contributed by atoms with van der Waals surface area (Å²) < 4.78 is 5.39. The third-order valence-electron chi connectivity index (χ3n) is 2.49. The molecule has 0 saturated heterocycles. The molecule has 2 heteroatoms. The van der Waals surface area contributed by atoms with Crippen LogP contribution in [0.4, 0.5) is 0 Å². The van der Waals surface area contributed by atoms with E-state index in [9.17, 15) is 0 Å². The molecule has 0 heterocycles. The molecular weight excluding hydrogens is 186 g/mol. The topological polar surface area (TPSA) is 35.2 Å². The van der Waals surface area contributed by atoms with E-state index in [1.54, 1.807) is 0 Å². The van der Waals surface area contributed by atoms with Crippen LogP contribution in [0.1, 0.15) is 25.0 Å². The zero-order chi connectivity index (χ0) is 11.3. The van der Waals surface area contributed by atoms with Crippen LogP contribution in [0.2, 0.25) is 0 Å². The number of ether oxygens (including phenoxy) is 1. The summed E-state index contributed by atoms with van der Waals surface area (Å²) in [6.45, 7) is 7.48. The minimum Gasteiger partial charge on any atom is -0.380 e. The van der Waals surface area contributed by atoms with E-state index in [4.69, 9.17) is 10.5 Å². The van der Waals surface area contributed by atoms with Gasteiger partial charge in [0.25, 0.3) is 0 Å². The maximum Gasteiger partial charge on any atom is 0.0646 e. The van der Waals surface area contributed by atoms with Gasteiger partial charge in [0.05, 0.1) is 6.61 Å². The van der Waals surface area contributed by atoms with Crippen molar-refractivity contribution >= 4 is 0 Å². The van der Waals surface area contributed by atoms with Crippen LogP contribution >= 0.6 is 0 Å². The predicted molar refractivity (Wildman–Crippen MR) is 64.0 cm³/mol. The van der Waals surface area contributed by atoms with E-state index in [0.29, 0.717) is 6.61 Å². The fourth-order valence-electron chi connectivity index (χ4n) is 1.63. The molecule has 0 saturated carbocycles. The quantitative estimate of drug-likeness (QED) is 0.804. The fourth-order valence-corrected chi connectivity index (χ4v) is 1.63. The van der Waals surface area contributed by atoms with Crippen molar-refractivity contribution < 1.29 is 4.74 Å². The van der Waals surface area contributed by atoms with E-state index in [0.717, 1.165) is 13.0 Å². The van der Waals surface area contributed by atoms with Gasteiger partial charge >= 0.3 is 0 Å². The van der Waals surface area contributed by atoms with E-state index in [1.165, 1.54) is 11.1 Å². The molecule has 0 radical (unpaired) electrons. The van der Waals surface area contributed by atoms with Gasteiger partial charge in [-0.2, -0.15) is 0 Å². The van der Waals surface area contributed by atoms with Crippen molar-refractivity contribution in [2.45, 2.75) is 32.7 Å². The zero-order valence-electron chi connectivity index (χ0n) is 9.92. The molecule has 0 aliphatic heterocycles. The Hall–Kier alpha value is -0.860. The Balaban J connectivity index is 2.64. The molecule has 0 bridgehead atoms. The van der Waals surface area contributed by atoms with Crippen LogP contribution in [0.3, 0.4) is 0 Å². The monoisotopic (exact) mass is 207 g/mol. The number of benzene rings is 1. The van der Waals surface area contributed by atoms with Gasteiger partial charge in [-0.25, -0.2) is 0 Å². The third kappa shape index (κ3) is 4.02. The molecule has 2 N–H and O–H groups in total. The minimum absolute atomic E-state index is 0.276. The molecular formula is C13H21NO. The summed E-state index contributed by atoms with van der Waals surface area (Å²) in [5, 5.41) is 0. The number of nitrogens with two attached hydrogens (primary N) is 1. The lowest BCUT2D eigenvalue weighted by Gasteiger charge is -2.25. The van der Waals surface area contributed by atoms with Crippen LogP contribution in [-0.2, 0) is 11.2 Å². The van der Waals surface area contributed by atoms with Gasteiger partial charge in [-0.05, 0) is 38.3 Å². The molecule has 0 aromatic heterocycles. The minimum atomic E-state index is -0.276. The lowest BCUT2D eigenvalue weighted by molar-refractivity contribution is 0.101. The zero-order valence-corrected chi connectivity index (χ0v) is 9.92. The number of hydrogen-bond acceptors (Lipinski definition) is 2. The lowest BCUT2D eigenvalue weighted by atomic mass is 9.92.